The topological polar surface area (TPSA) is 78.9 Å². The van der Waals surface area contributed by atoms with Crippen LogP contribution in [0.3, 0.4) is 0 Å². The number of carbonyl (C=O) groups is 3. The molecule has 2 aliphatic rings. The third-order valence-electron chi connectivity index (χ3n) is 9.06. The van der Waals surface area contributed by atoms with E-state index >= 15 is 0 Å². The van der Waals surface area contributed by atoms with Gasteiger partial charge in [0.25, 0.3) is 8.32 Å². The molecule has 7 heteroatoms. The van der Waals surface area contributed by atoms with Crippen molar-refractivity contribution in [3.8, 4) is 11.5 Å². The Labute approximate surface area is 224 Å². The van der Waals surface area contributed by atoms with E-state index in [1.54, 1.807) is 0 Å². The van der Waals surface area contributed by atoms with Gasteiger partial charge in [-0.1, -0.05) is 61.0 Å². The van der Waals surface area contributed by atoms with E-state index in [2.05, 4.69) is 53.8 Å². The molecule has 0 amide bonds. The number of hydrogen-bond acceptors (Lipinski definition) is 6. The number of esters is 2. The van der Waals surface area contributed by atoms with Crippen molar-refractivity contribution in [2.24, 2.45) is 11.3 Å². The van der Waals surface area contributed by atoms with Crippen LogP contribution < -0.4 is 9.47 Å². The average molecular weight is 531 g/mol. The van der Waals surface area contributed by atoms with Gasteiger partial charge in [0, 0.05) is 25.0 Å². The predicted molar refractivity (Wildman–Crippen MR) is 148 cm³/mol. The van der Waals surface area contributed by atoms with E-state index in [0.717, 1.165) is 36.8 Å². The third kappa shape index (κ3) is 5.25. The molecule has 0 heterocycles. The van der Waals surface area contributed by atoms with E-state index < -0.39 is 25.7 Å². The number of benzene rings is 1. The highest BCUT2D eigenvalue weighted by atomic mass is 28.4. The van der Waals surface area contributed by atoms with Crippen molar-refractivity contribution >= 4 is 26.2 Å². The summed E-state index contributed by atoms with van der Waals surface area (Å²) in [6.07, 6.45) is 4.07. The van der Waals surface area contributed by atoms with Crippen molar-refractivity contribution in [2.75, 3.05) is 0 Å². The number of carbonyl (C=O) groups excluding carboxylic acids is 3. The van der Waals surface area contributed by atoms with Crippen LogP contribution in [0.5, 0.6) is 11.5 Å². The lowest BCUT2D eigenvalue weighted by Crippen LogP contribution is -2.58. The third-order valence-corrected chi connectivity index (χ3v) is 13.4. The smallest absolute Gasteiger partial charge is 0.308 e. The van der Waals surface area contributed by atoms with E-state index in [1.165, 1.54) is 13.8 Å². The quantitative estimate of drug-likeness (QED) is 0.227. The normalized spacial score (nSPS) is 23.1. The van der Waals surface area contributed by atoms with E-state index in [9.17, 15) is 14.4 Å². The van der Waals surface area contributed by atoms with Gasteiger partial charge in [-0.3, -0.25) is 14.4 Å². The van der Waals surface area contributed by atoms with Gasteiger partial charge in [0.05, 0.1) is 5.41 Å². The number of fused-ring (bicyclic) bond motifs is 3. The first kappa shape index (κ1) is 29.4. The molecule has 2 unspecified atom stereocenters. The molecule has 0 aromatic heterocycles. The molecule has 0 radical (unpaired) electrons. The Bertz CT molecular complexity index is 1090. The van der Waals surface area contributed by atoms with Gasteiger partial charge in [-0.05, 0) is 66.6 Å². The van der Waals surface area contributed by atoms with Crippen LogP contribution in [0.1, 0.15) is 111 Å². The van der Waals surface area contributed by atoms with E-state index in [1.807, 2.05) is 13.8 Å². The Morgan fingerprint density at radius 3 is 2.08 bits per heavy atom. The summed E-state index contributed by atoms with van der Waals surface area (Å²) in [6.45, 7) is 21.7. The predicted octanol–water partition coefficient (Wildman–Crippen LogP) is 7.22. The molecule has 0 saturated heterocycles. The van der Waals surface area contributed by atoms with Gasteiger partial charge in [0.1, 0.15) is 0 Å². The minimum absolute atomic E-state index is 0.00269. The van der Waals surface area contributed by atoms with Crippen molar-refractivity contribution in [1.82, 2.24) is 0 Å². The standard InChI is InChI=1S/C30H46O6Si/c1-18(2)22-17-21-13-14-23-29(8,9)15-12-16-30(23,27(33)36-37(10,11)28(5,6)7)24(21)26(35-20(4)32)25(22)34-19(3)31/h17-18,23H,12-16H2,1-11H3. The molecule has 0 aliphatic heterocycles. The van der Waals surface area contributed by atoms with E-state index in [-0.39, 0.29) is 39.8 Å². The molecule has 3 rings (SSSR count). The molecule has 0 bridgehead atoms. The lowest BCUT2D eigenvalue weighted by molar-refractivity contribution is -0.151. The maximum absolute atomic E-state index is 14.6. The summed E-state index contributed by atoms with van der Waals surface area (Å²) in [7, 11) is -2.46. The zero-order valence-electron chi connectivity index (χ0n) is 24.7. The number of aryl methyl sites for hydroxylation is 1. The molecule has 2 aliphatic carbocycles. The summed E-state index contributed by atoms with van der Waals surface area (Å²) in [5.41, 5.74) is 1.37. The number of ether oxygens (including phenoxy) is 2. The Balaban J connectivity index is 2.42. The monoisotopic (exact) mass is 530 g/mol. The maximum Gasteiger partial charge on any atom is 0.308 e. The minimum Gasteiger partial charge on any atom is -0.518 e. The van der Waals surface area contributed by atoms with Crippen molar-refractivity contribution < 1.29 is 28.3 Å². The summed E-state index contributed by atoms with van der Waals surface area (Å²) in [5.74, 6) is -0.741. The van der Waals surface area contributed by atoms with E-state index in [0.29, 0.717) is 12.0 Å². The fraction of sp³-hybridized carbons (Fsp3) is 0.700. The Morgan fingerprint density at radius 2 is 1.57 bits per heavy atom. The molecule has 1 aromatic rings. The molecule has 206 valence electrons. The van der Waals surface area contributed by atoms with Crippen molar-refractivity contribution in [3.63, 3.8) is 0 Å². The molecular weight excluding hydrogens is 484 g/mol. The van der Waals surface area contributed by atoms with Crippen molar-refractivity contribution in [1.29, 1.82) is 0 Å². The average Bonchev–Trinajstić information content (AvgIpc) is 2.72. The van der Waals surface area contributed by atoms with Gasteiger partial charge in [-0.15, -0.1) is 0 Å². The molecular formula is C30H46O6Si. The Morgan fingerprint density at radius 1 is 1.00 bits per heavy atom. The van der Waals surface area contributed by atoms with Crippen LogP contribution in [0.15, 0.2) is 6.07 Å². The molecule has 1 aromatic carbocycles. The molecule has 1 saturated carbocycles. The number of rotatable bonds is 5. The molecule has 0 N–H and O–H groups in total. The zero-order chi connectivity index (χ0) is 28.1. The highest BCUT2D eigenvalue weighted by Gasteiger charge is 2.61. The molecule has 2 atom stereocenters. The van der Waals surface area contributed by atoms with Crippen LogP contribution in [0, 0.1) is 11.3 Å². The second kappa shape index (κ2) is 9.86. The molecule has 6 nitrogen and oxygen atoms in total. The first-order chi connectivity index (χ1) is 16.8. The lowest BCUT2D eigenvalue weighted by atomic mass is 9.49. The largest absolute Gasteiger partial charge is 0.518 e. The van der Waals surface area contributed by atoms with Gasteiger partial charge in [0.2, 0.25) is 0 Å². The summed E-state index contributed by atoms with van der Waals surface area (Å²) >= 11 is 0. The second-order valence-electron chi connectivity index (χ2n) is 13.6. The number of hydrogen-bond donors (Lipinski definition) is 0. The van der Waals surface area contributed by atoms with Gasteiger partial charge in [0.15, 0.2) is 11.5 Å². The van der Waals surface area contributed by atoms with Gasteiger partial charge in [-0.25, -0.2) is 0 Å². The highest BCUT2D eigenvalue weighted by molar-refractivity contribution is 6.75. The first-order valence-electron chi connectivity index (χ1n) is 13.7. The molecule has 1 fully saturated rings. The fourth-order valence-electron chi connectivity index (χ4n) is 6.22. The molecule has 0 spiro atoms. The summed E-state index contributed by atoms with van der Waals surface area (Å²) in [5, 5.41) is -0.153. The van der Waals surface area contributed by atoms with Gasteiger partial charge >= 0.3 is 17.9 Å². The Hall–Kier alpha value is -2.15. The summed E-state index contributed by atoms with van der Waals surface area (Å²) in [4.78, 5) is 39.3. The van der Waals surface area contributed by atoms with E-state index in [4.69, 9.17) is 13.9 Å². The summed E-state index contributed by atoms with van der Waals surface area (Å²) < 4.78 is 18.2. The molecule has 37 heavy (non-hydrogen) atoms. The first-order valence-corrected chi connectivity index (χ1v) is 16.6. The van der Waals surface area contributed by atoms with Crippen LogP contribution in [0.25, 0.3) is 0 Å². The van der Waals surface area contributed by atoms with Crippen molar-refractivity contribution in [3.05, 3.63) is 22.8 Å². The fourth-order valence-corrected chi connectivity index (χ4v) is 7.17. The van der Waals surface area contributed by atoms with Crippen LogP contribution in [-0.4, -0.2) is 26.2 Å². The van der Waals surface area contributed by atoms with Crippen LogP contribution in [0.2, 0.25) is 18.1 Å². The highest BCUT2D eigenvalue weighted by Crippen LogP contribution is 2.62. The maximum atomic E-state index is 14.6. The summed E-state index contributed by atoms with van der Waals surface area (Å²) in [6, 6.07) is 2.06. The van der Waals surface area contributed by atoms with Crippen LogP contribution >= 0.6 is 0 Å². The SMILES string of the molecule is CC(=O)Oc1c(C(C)C)cc2c(c1OC(C)=O)C1(C(=O)O[Si](C)(C)C(C)(C)C)CCCC(C)(C)C1CC2. The Kier molecular flexibility index (Phi) is 7.84. The zero-order valence-corrected chi connectivity index (χ0v) is 25.7. The second-order valence-corrected chi connectivity index (χ2v) is 18.3. The lowest BCUT2D eigenvalue weighted by Gasteiger charge is -2.55. The minimum atomic E-state index is -2.46. The van der Waals surface area contributed by atoms with Crippen LogP contribution in [0.4, 0.5) is 0 Å². The van der Waals surface area contributed by atoms with Gasteiger partial charge < -0.3 is 13.9 Å². The van der Waals surface area contributed by atoms with Crippen LogP contribution in [-0.2, 0) is 30.6 Å². The van der Waals surface area contributed by atoms with Crippen molar-refractivity contribution in [2.45, 2.75) is 124 Å². The van der Waals surface area contributed by atoms with Gasteiger partial charge in [-0.2, -0.15) is 0 Å².